The molecule has 2 heterocycles. The first-order chi connectivity index (χ1) is 21.9. The molecule has 12 nitrogen and oxygen atoms in total. The second kappa shape index (κ2) is 20.5. The van der Waals surface area contributed by atoms with Gasteiger partial charge in [-0.2, -0.15) is 0 Å². The molecular weight excluding hydrogens is 609 g/mol. The lowest BCUT2D eigenvalue weighted by Crippen LogP contribution is -2.34. The molecule has 0 saturated heterocycles. The molecule has 0 spiro atoms. The molecular formula is C33H54N5O7P. The third-order valence-electron chi connectivity index (χ3n) is 7.03. The summed E-state index contributed by atoms with van der Waals surface area (Å²) in [6, 6.07) is 11.3. The minimum atomic E-state index is -1.61. The standard InChI is InChI=1S/C30H46N5O5P.C3H8O2/c1-6-11-24(12-7-2)18-38-30(36)23(4)34-41(39-19-25-13-9-8-10-14-25)40-20-26(37-5)17-22(3)35-16-15-27-28(31)32-21-33-29(27)35;1-3(2,4)5/h8-10,13-16,21-24,26,34H,6-7,11-12,17-20H2,1-5H3,(H2,31,32,33);4-5H,1-2H3/t22-,23-,26?,41?;/m0./s1. The summed E-state index contributed by atoms with van der Waals surface area (Å²) in [5.74, 6) is -0.962. The predicted octanol–water partition coefficient (Wildman–Crippen LogP) is 5.88. The minimum Gasteiger partial charge on any atom is -0.464 e. The molecule has 0 aliphatic carbocycles. The SMILES string of the molecule is CC(C)(O)O.CCCC(CCC)COC(=O)[C@H](C)NP(OCc1ccccc1)OCC(C[C@H](C)n1ccc2c(N)ncnc21)OC. The van der Waals surface area contributed by atoms with Crippen LogP contribution in [-0.4, -0.2) is 69.0 Å². The summed E-state index contributed by atoms with van der Waals surface area (Å²) in [6.07, 6.45) is 8.13. The Morgan fingerprint density at radius 3 is 2.30 bits per heavy atom. The van der Waals surface area contributed by atoms with E-state index in [2.05, 4.69) is 40.4 Å². The number of nitrogens with one attached hydrogen (secondary N) is 1. The Balaban J connectivity index is 0.00000136. The van der Waals surface area contributed by atoms with Gasteiger partial charge in [-0.15, -0.1) is 0 Å². The van der Waals surface area contributed by atoms with Gasteiger partial charge in [0, 0.05) is 19.3 Å². The molecule has 0 fully saturated rings. The number of fused-ring (bicyclic) bond motifs is 1. The fraction of sp³-hybridized carbons (Fsp3) is 0.606. The van der Waals surface area contributed by atoms with Crippen LogP contribution in [0, 0.1) is 5.92 Å². The van der Waals surface area contributed by atoms with Crippen molar-refractivity contribution in [2.24, 2.45) is 5.92 Å². The molecule has 4 atom stereocenters. The van der Waals surface area contributed by atoms with Crippen molar-refractivity contribution in [3.63, 3.8) is 0 Å². The number of hydrogen-bond acceptors (Lipinski definition) is 11. The van der Waals surface area contributed by atoms with Gasteiger partial charge in [-0.1, -0.05) is 57.0 Å². The van der Waals surface area contributed by atoms with Crippen LogP contribution in [0.4, 0.5) is 5.82 Å². The van der Waals surface area contributed by atoms with Crippen LogP contribution in [0.2, 0.25) is 0 Å². The fourth-order valence-electron chi connectivity index (χ4n) is 4.71. The Kier molecular flexibility index (Phi) is 17.6. The van der Waals surface area contributed by atoms with E-state index in [1.54, 1.807) is 14.0 Å². The van der Waals surface area contributed by atoms with Crippen LogP contribution in [0.5, 0.6) is 0 Å². The monoisotopic (exact) mass is 663 g/mol. The number of carbonyl (C=O) groups is 1. The number of nitrogen functional groups attached to an aromatic ring is 1. The lowest BCUT2D eigenvalue weighted by molar-refractivity contribution is -0.146. The highest BCUT2D eigenvalue weighted by Gasteiger charge is 2.25. The number of carbonyl (C=O) groups excluding carboxylic acids is 1. The number of hydrogen-bond donors (Lipinski definition) is 4. The number of ether oxygens (including phenoxy) is 2. The van der Waals surface area contributed by atoms with Gasteiger partial charge in [0.25, 0.3) is 8.53 Å². The Labute approximate surface area is 275 Å². The highest BCUT2D eigenvalue weighted by Crippen LogP contribution is 2.37. The average Bonchev–Trinajstić information content (AvgIpc) is 3.46. The number of benzene rings is 1. The maximum Gasteiger partial charge on any atom is 0.323 e. The number of nitrogens with two attached hydrogens (primary N) is 1. The normalized spacial score (nSPS) is 14.4. The number of anilines is 1. The Morgan fingerprint density at radius 1 is 1.04 bits per heavy atom. The largest absolute Gasteiger partial charge is 0.464 e. The van der Waals surface area contributed by atoms with Gasteiger partial charge in [-0.25, -0.2) is 15.1 Å². The van der Waals surface area contributed by atoms with Gasteiger partial charge in [0.2, 0.25) is 0 Å². The highest BCUT2D eigenvalue weighted by molar-refractivity contribution is 7.45. The van der Waals surface area contributed by atoms with Gasteiger partial charge in [0.05, 0.1) is 31.3 Å². The predicted molar refractivity (Wildman–Crippen MR) is 182 cm³/mol. The molecule has 1 aromatic carbocycles. The number of rotatable bonds is 19. The van der Waals surface area contributed by atoms with Crippen molar-refractivity contribution in [3.05, 3.63) is 54.5 Å². The van der Waals surface area contributed by atoms with Crippen molar-refractivity contribution in [2.75, 3.05) is 26.1 Å². The zero-order chi connectivity index (χ0) is 34.1. The Hall–Kier alpha value is -2.70. The summed E-state index contributed by atoms with van der Waals surface area (Å²) in [5, 5.41) is 20.2. The molecule has 5 N–H and O–H groups in total. The number of aliphatic hydroxyl groups is 2. The van der Waals surface area contributed by atoms with Gasteiger partial charge in [0.1, 0.15) is 23.8 Å². The first kappa shape index (κ1) is 39.5. The summed E-state index contributed by atoms with van der Waals surface area (Å²) < 4.78 is 25.8. The van der Waals surface area contributed by atoms with Crippen LogP contribution in [0.25, 0.3) is 11.0 Å². The molecule has 0 amide bonds. The molecule has 2 aromatic heterocycles. The Bertz CT molecular complexity index is 1260. The van der Waals surface area contributed by atoms with Crippen LogP contribution in [0.15, 0.2) is 48.9 Å². The zero-order valence-electron chi connectivity index (χ0n) is 28.4. The van der Waals surface area contributed by atoms with E-state index in [1.165, 1.54) is 20.2 Å². The van der Waals surface area contributed by atoms with Crippen molar-refractivity contribution in [3.8, 4) is 0 Å². The van der Waals surface area contributed by atoms with E-state index in [9.17, 15) is 4.79 Å². The smallest absolute Gasteiger partial charge is 0.323 e. The van der Waals surface area contributed by atoms with Crippen LogP contribution in [-0.2, 0) is 29.9 Å². The average molecular weight is 664 g/mol. The number of aromatic nitrogens is 3. The van der Waals surface area contributed by atoms with Gasteiger partial charge >= 0.3 is 5.97 Å². The summed E-state index contributed by atoms with van der Waals surface area (Å²) in [5.41, 5.74) is 7.80. The van der Waals surface area contributed by atoms with Gasteiger partial charge < -0.3 is 39.0 Å². The van der Waals surface area contributed by atoms with Crippen molar-refractivity contribution in [1.29, 1.82) is 0 Å². The molecule has 258 valence electrons. The first-order valence-electron chi connectivity index (χ1n) is 15.9. The molecule has 0 bridgehead atoms. The van der Waals surface area contributed by atoms with Crippen molar-refractivity contribution in [2.45, 2.75) is 104 Å². The number of nitrogens with zero attached hydrogens (tertiary/aromatic N) is 3. The van der Waals surface area contributed by atoms with E-state index >= 15 is 0 Å². The second-order valence-corrected chi connectivity index (χ2v) is 13.2. The Morgan fingerprint density at radius 2 is 1.70 bits per heavy atom. The lowest BCUT2D eigenvalue weighted by atomic mass is 9.99. The van der Waals surface area contributed by atoms with Gasteiger partial charge in [-0.3, -0.25) is 4.79 Å². The first-order valence-corrected chi connectivity index (χ1v) is 17.1. The third kappa shape index (κ3) is 14.8. The van der Waals surface area contributed by atoms with Crippen molar-refractivity contribution >= 4 is 31.3 Å². The van der Waals surface area contributed by atoms with Crippen molar-refractivity contribution < 1.29 is 33.5 Å². The quantitative estimate of drug-likeness (QED) is 0.0688. The van der Waals surface area contributed by atoms with Crippen molar-refractivity contribution in [1.82, 2.24) is 19.6 Å². The van der Waals surface area contributed by atoms with Gasteiger partial charge in [0.15, 0.2) is 5.79 Å². The topological polar surface area (TPSA) is 163 Å². The molecule has 0 aliphatic rings. The molecule has 13 heteroatoms. The zero-order valence-corrected chi connectivity index (χ0v) is 29.3. The number of esters is 1. The highest BCUT2D eigenvalue weighted by atomic mass is 31.2. The van der Waals surface area contributed by atoms with E-state index < -0.39 is 20.4 Å². The maximum absolute atomic E-state index is 12.8. The molecule has 46 heavy (non-hydrogen) atoms. The minimum absolute atomic E-state index is 0.0628. The summed E-state index contributed by atoms with van der Waals surface area (Å²) in [6.45, 7) is 11.8. The molecule has 0 saturated carbocycles. The molecule has 3 rings (SSSR count). The van der Waals surface area contributed by atoms with E-state index in [-0.39, 0.29) is 24.7 Å². The molecule has 3 aromatic rings. The van der Waals surface area contributed by atoms with Crippen LogP contribution < -0.4 is 10.8 Å². The molecule has 0 aliphatic heterocycles. The van der Waals surface area contributed by atoms with Crippen LogP contribution in [0.3, 0.4) is 0 Å². The van der Waals surface area contributed by atoms with Crippen LogP contribution in [0.1, 0.15) is 85.3 Å². The number of methoxy groups -OCH3 is 1. The van der Waals surface area contributed by atoms with Gasteiger partial charge in [-0.05, 0) is 64.5 Å². The van der Waals surface area contributed by atoms with E-state index in [0.29, 0.717) is 31.4 Å². The maximum atomic E-state index is 12.8. The molecule has 0 radical (unpaired) electrons. The van der Waals surface area contributed by atoms with Crippen LogP contribution >= 0.6 is 8.53 Å². The van der Waals surface area contributed by atoms with E-state index in [1.807, 2.05) is 42.6 Å². The summed E-state index contributed by atoms with van der Waals surface area (Å²) in [7, 11) is 0.0536. The van der Waals surface area contributed by atoms with E-state index in [4.69, 9.17) is 34.5 Å². The molecule has 2 unspecified atom stereocenters. The lowest BCUT2D eigenvalue weighted by Gasteiger charge is -2.26. The fourth-order valence-corrected chi connectivity index (χ4v) is 5.92. The second-order valence-electron chi connectivity index (χ2n) is 11.9. The summed E-state index contributed by atoms with van der Waals surface area (Å²) >= 11 is 0. The summed E-state index contributed by atoms with van der Waals surface area (Å²) in [4.78, 5) is 21.3. The van der Waals surface area contributed by atoms with E-state index in [0.717, 1.165) is 42.3 Å². The third-order valence-corrected chi connectivity index (χ3v) is 8.37.